The maximum atomic E-state index is 10.2. The van der Waals surface area contributed by atoms with Crippen LogP contribution in [-0.2, 0) is 0 Å². The predicted molar refractivity (Wildman–Crippen MR) is 67.2 cm³/mol. The molecule has 18 heavy (non-hydrogen) atoms. The van der Waals surface area contributed by atoms with E-state index in [-0.39, 0.29) is 0 Å². The number of hydrogen-bond donors (Lipinski definition) is 2. The van der Waals surface area contributed by atoms with Gasteiger partial charge in [-0.05, 0) is 11.6 Å². The molecule has 92 valence electrons. The molecular weight excluding hydrogens is 228 g/mol. The standard InChI is InChI=1S/C15H14O3/c16-13-11-8-4-5-9-12(11)18-15(14(13)17)10-6-2-1-3-7-10/h1-9,13-17H/t13?,14-,15-/m0/s1. The summed E-state index contributed by atoms with van der Waals surface area (Å²) in [5, 5.41) is 20.3. The first-order chi connectivity index (χ1) is 8.77. The zero-order valence-corrected chi connectivity index (χ0v) is 9.73. The second-order valence-electron chi connectivity index (χ2n) is 4.42. The molecule has 0 bridgehead atoms. The Hall–Kier alpha value is -1.84. The molecule has 0 fully saturated rings. The first-order valence-corrected chi connectivity index (χ1v) is 5.94. The van der Waals surface area contributed by atoms with Gasteiger partial charge in [0.05, 0.1) is 0 Å². The third-order valence-corrected chi connectivity index (χ3v) is 3.25. The molecule has 3 heteroatoms. The molecule has 1 aliphatic heterocycles. The Morgan fingerprint density at radius 2 is 1.50 bits per heavy atom. The molecule has 1 unspecified atom stereocenters. The quantitative estimate of drug-likeness (QED) is 0.806. The summed E-state index contributed by atoms with van der Waals surface area (Å²) < 4.78 is 5.79. The Bertz CT molecular complexity index is 538. The van der Waals surface area contributed by atoms with Gasteiger partial charge in [0.1, 0.15) is 18.0 Å². The van der Waals surface area contributed by atoms with Crippen molar-refractivity contribution in [3.8, 4) is 5.75 Å². The van der Waals surface area contributed by atoms with Crippen LogP contribution in [0, 0.1) is 0 Å². The highest BCUT2D eigenvalue weighted by molar-refractivity contribution is 5.39. The average Bonchev–Trinajstić information content (AvgIpc) is 2.44. The predicted octanol–water partition coefficient (Wildman–Crippen LogP) is 2.21. The molecular formula is C15H14O3. The van der Waals surface area contributed by atoms with Crippen LogP contribution in [0.15, 0.2) is 54.6 Å². The topological polar surface area (TPSA) is 49.7 Å². The molecule has 3 atom stereocenters. The number of hydrogen-bond acceptors (Lipinski definition) is 3. The minimum atomic E-state index is -0.956. The van der Waals surface area contributed by atoms with Crippen molar-refractivity contribution in [1.29, 1.82) is 0 Å². The fourth-order valence-electron chi connectivity index (χ4n) is 2.30. The van der Waals surface area contributed by atoms with Gasteiger partial charge in [-0.2, -0.15) is 0 Å². The van der Waals surface area contributed by atoms with Gasteiger partial charge in [-0.25, -0.2) is 0 Å². The molecule has 2 aromatic rings. The Balaban J connectivity index is 2.01. The van der Waals surface area contributed by atoms with Crippen molar-refractivity contribution in [2.75, 3.05) is 0 Å². The van der Waals surface area contributed by atoms with Crippen molar-refractivity contribution >= 4 is 0 Å². The van der Waals surface area contributed by atoms with Gasteiger partial charge < -0.3 is 14.9 Å². The lowest BCUT2D eigenvalue weighted by atomic mass is 9.92. The van der Waals surface area contributed by atoms with Gasteiger partial charge in [-0.3, -0.25) is 0 Å². The number of fused-ring (bicyclic) bond motifs is 1. The first-order valence-electron chi connectivity index (χ1n) is 5.94. The number of aliphatic hydroxyl groups is 2. The van der Waals surface area contributed by atoms with Crippen molar-refractivity contribution in [3.05, 3.63) is 65.7 Å². The van der Waals surface area contributed by atoms with E-state index < -0.39 is 18.3 Å². The highest BCUT2D eigenvalue weighted by Gasteiger charge is 2.36. The van der Waals surface area contributed by atoms with E-state index in [1.165, 1.54) is 0 Å². The molecule has 0 saturated heterocycles. The number of ether oxygens (including phenoxy) is 1. The van der Waals surface area contributed by atoms with E-state index in [1.54, 1.807) is 12.1 Å². The third-order valence-electron chi connectivity index (χ3n) is 3.25. The molecule has 0 saturated carbocycles. The van der Waals surface area contributed by atoms with Crippen molar-refractivity contribution < 1.29 is 14.9 Å². The number of para-hydroxylation sites is 1. The molecule has 0 amide bonds. The van der Waals surface area contributed by atoms with Crippen LogP contribution in [0.5, 0.6) is 5.75 Å². The van der Waals surface area contributed by atoms with E-state index in [9.17, 15) is 10.2 Å². The third kappa shape index (κ3) is 1.78. The largest absolute Gasteiger partial charge is 0.482 e. The normalized spacial score (nSPS) is 26.2. The lowest BCUT2D eigenvalue weighted by Crippen LogP contribution is -2.34. The Morgan fingerprint density at radius 1 is 0.833 bits per heavy atom. The molecule has 0 radical (unpaired) electrons. The van der Waals surface area contributed by atoms with Crippen LogP contribution in [0.1, 0.15) is 23.3 Å². The summed E-state index contributed by atoms with van der Waals surface area (Å²) in [4.78, 5) is 0. The van der Waals surface area contributed by atoms with E-state index in [1.807, 2.05) is 42.5 Å². The monoisotopic (exact) mass is 242 g/mol. The molecule has 1 heterocycles. The van der Waals surface area contributed by atoms with Crippen molar-refractivity contribution in [2.45, 2.75) is 18.3 Å². The smallest absolute Gasteiger partial charge is 0.152 e. The lowest BCUT2D eigenvalue weighted by Gasteiger charge is -2.34. The van der Waals surface area contributed by atoms with Gasteiger partial charge >= 0.3 is 0 Å². The SMILES string of the molecule is OC1c2ccccc2O[C@@H](c2ccccc2)[C@H]1O. The van der Waals surface area contributed by atoms with Crippen molar-refractivity contribution in [3.63, 3.8) is 0 Å². The van der Waals surface area contributed by atoms with Crippen LogP contribution < -0.4 is 4.74 Å². The highest BCUT2D eigenvalue weighted by Crippen LogP contribution is 2.40. The molecule has 0 spiro atoms. The highest BCUT2D eigenvalue weighted by atomic mass is 16.5. The lowest BCUT2D eigenvalue weighted by molar-refractivity contribution is -0.0699. The number of rotatable bonds is 1. The van der Waals surface area contributed by atoms with Gasteiger partial charge in [0.2, 0.25) is 0 Å². The maximum absolute atomic E-state index is 10.2. The van der Waals surface area contributed by atoms with Gasteiger partial charge in [0.25, 0.3) is 0 Å². The minimum Gasteiger partial charge on any atom is -0.482 e. The summed E-state index contributed by atoms with van der Waals surface area (Å²) in [6.45, 7) is 0. The zero-order valence-electron chi connectivity index (χ0n) is 9.73. The Morgan fingerprint density at radius 3 is 2.28 bits per heavy atom. The van der Waals surface area contributed by atoms with Crippen LogP contribution in [0.3, 0.4) is 0 Å². The van der Waals surface area contributed by atoms with Gasteiger partial charge in [0, 0.05) is 5.56 Å². The fourth-order valence-corrected chi connectivity index (χ4v) is 2.30. The summed E-state index contributed by atoms with van der Waals surface area (Å²) >= 11 is 0. The summed E-state index contributed by atoms with van der Waals surface area (Å²) in [5.41, 5.74) is 1.50. The molecule has 0 aliphatic carbocycles. The molecule has 3 rings (SSSR count). The second-order valence-corrected chi connectivity index (χ2v) is 4.42. The minimum absolute atomic E-state index is 0.531. The van der Waals surface area contributed by atoms with E-state index in [0.29, 0.717) is 11.3 Å². The van der Waals surface area contributed by atoms with Crippen molar-refractivity contribution in [2.24, 2.45) is 0 Å². The van der Waals surface area contributed by atoms with Crippen LogP contribution in [0.2, 0.25) is 0 Å². The van der Waals surface area contributed by atoms with Crippen LogP contribution in [-0.4, -0.2) is 16.3 Å². The van der Waals surface area contributed by atoms with Gasteiger partial charge in [-0.15, -0.1) is 0 Å². The Kier molecular flexibility index (Phi) is 2.78. The number of aliphatic hydroxyl groups excluding tert-OH is 2. The summed E-state index contributed by atoms with van der Waals surface area (Å²) in [6, 6.07) is 16.7. The van der Waals surface area contributed by atoms with E-state index >= 15 is 0 Å². The molecule has 2 aromatic carbocycles. The Labute approximate surface area is 105 Å². The van der Waals surface area contributed by atoms with E-state index in [4.69, 9.17) is 4.74 Å². The van der Waals surface area contributed by atoms with E-state index in [2.05, 4.69) is 0 Å². The van der Waals surface area contributed by atoms with Gasteiger partial charge in [0.15, 0.2) is 6.10 Å². The average molecular weight is 242 g/mol. The maximum Gasteiger partial charge on any atom is 0.152 e. The van der Waals surface area contributed by atoms with Crippen LogP contribution >= 0.6 is 0 Å². The van der Waals surface area contributed by atoms with Gasteiger partial charge in [-0.1, -0.05) is 48.5 Å². The number of benzene rings is 2. The molecule has 3 nitrogen and oxygen atoms in total. The molecule has 1 aliphatic rings. The second kappa shape index (κ2) is 4.44. The first kappa shape index (κ1) is 11.3. The van der Waals surface area contributed by atoms with Crippen LogP contribution in [0.25, 0.3) is 0 Å². The fraction of sp³-hybridized carbons (Fsp3) is 0.200. The van der Waals surface area contributed by atoms with E-state index in [0.717, 1.165) is 5.56 Å². The summed E-state index contributed by atoms with van der Waals surface area (Å²) in [5.74, 6) is 0.629. The van der Waals surface area contributed by atoms with Crippen LogP contribution in [0.4, 0.5) is 0 Å². The molecule has 0 aromatic heterocycles. The molecule has 2 N–H and O–H groups in total. The van der Waals surface area contributed by atoms with Crippen molar-refractivity contribution in [1.82, 2.24) is 0 Å². The summed E-state index contributed by atoms with van der Waals surface area (Å²) in [6.07, 6.45) is -2.40. The zero-order chi connectivity index (χ0) is 12.5. The summed E-state index contributed by atoms with van der Waals surface area (Å²) in [7, 11) is 0.